The third kappa shape index (κ3) is 1.88. The Balaban J connectivity index is 2.94. The van der Waals surface area contributed by atoms with Gasteiger partial charge >= 0.3 is 0 Å². The summed E-state index contributed by atoms with van der Waals surface area (Å²) in [5.74, 6) is 0. The van der Waals surface area contributed by atoms with Gasteiger partial charge in [-0.2, -0.15) is 0 Å². The summed E-state index contributed by atoms with van der Waals surface area (Å²) in [5.41, 5.74) is 0. The Morgan fingerprint density at radius 1 is 1.78 bits per heavy atom. The third-order valence-electron chi connectivity index (χ3n) is 0.852. The minimum absolute atomic E-state index is 0.665. The zero-order valence-corrected chi connectivity index (χ0v) is 6.46. The molecule has 0 N–H and O–H groups in total. The van der Waals surface area contributed by atoms with Crippen LogP contribution in [0.4, 0.5) is 0 Å². The maximum Gasteiger partial charge on any atom is 0.103 e. The van der Waals surface area contributed by atoms with Crippen LogP contribution in [0.25, 0.3) is 0 Å². The van der Waals surface area contributed by atoms with Crippen molar-refractivity contribution < 1.29 is 0 Å². The van der Waals surface area contributed by atoms with Gasteiger partial charge in [0, 0.05) is 11.1 Å². The van der Waals surface area contributed by atoms with Crippen molar-refractivity contribution in [1.29, 1.82) is 0 Å². The second-order valence-electron chi connectivity index (χ2n) is 1.47. The summed E-state index contributed by atoms with van der Waals surface area (Å²) in [5, 5.41) is 0.665. The van der Waals surface area contributed by atoms with Crippen molar-refractivity contribution in [3.63, 3.8) is 0 Å². The SMILES string of the molecule is CSc1[c]ncc(Cl)c1. The Labute approximate surface area is 63.4 Å². The molecular formula is C6H5ClNS. The van der Waals surface area contributed by atoms with Crippen molar-refractivity contribution >= 4 is 23.4 Å². The van der Waals surface area contributed by atoms with Gasteiger partial charge in [0.05, 0.1) is 5.02 Å². The molecular weight excluding hydrogens is 154 g/mol. The molecule has 1 heterocycles. The average molecular weight is 159 g/mol. The molecule has 0 saturated carbocycles. The number of aromatic nitrogens is 1. The van der Waals surface area contributed by atoms with Crippen LogP contribution in [0.15, 0.2) is 17.2 Å². The number of thioether (sulfide) groups is 1. The summed E-state index contributed by atoms with van der Waals surface area (Å²) in [6.07, 6.45) is 6.32. The molecule has 0 atom stereocenters. The molecule has 0 bridgehead atoms. The number of halogens is 1. The van der Waals surface area contributed by atoms with E-state index in [9.17, 15) is 0 Å². The number of hydrogen-bond acceptors (Lipinski definition) is 2. The maximum absolute atomic E-state index is 5.63. The molecule has 1 radical (unpaired) electrons. The molecule has 0 aromatic carbocycles. The van der Waals surface area contributed by atoms with Crippen LogP contribution in [0.2, 0.25) is 5.02 Å². The van der Waals surface area contributed by atoms with Crippen LogP contribution in [-0.4, -0.2) is 11.2 Å². The van der Waals surface area contributed by atoms with Gasteiger partial charge in [-0.3, -0.25) is 4.98 Å². The Morgan fingerprint density at radius 2 is 2.56 bits per heavy atom. The van der Waals surface area contributed by atoms with E-state index >= 15 is 0 Å². The monoisotopic (exact) mass is 158 g/mol. The van der Waals surface area contributed by atoms with E-state index in [2.05, 4.69) is 11.2 Å². The van der Waals surface area contributed by atoms with Crippen LogP contribution in [0.3, 0.4) is 0 Å². The minimum atomic E-state index is 0.665. The normalized spacial score (nSPS) is 9.56. The molecule has 0 spiro atoms. The van der Waals surface area contributed by atoms with Gasteiger partial charge in [-0.15, -0.1) is 11.8 Å². The van der Waals surface area contributed by atoms with E-state index in [4.69, 9.17) is 11.6 Å². The summed E-state index contributed by atoms with van der Waals surface area (Å²) in [4.78, 5) is 4.75. The fourth-order valence-corrected chi connectivity index (χ4v) is 1.07. The number of nitrogens with zero attached hydrogens (tertiary/aromatic N) is 1. The largest absolute Gasteiger partial charge is 0.252 e. The summed E-state index contributed by atoms with van der Waals surface area (Å²) in [6, 6.07) is 1.83. The fourth-order valence-electron chi connectivity index (χ4n) is 0.457. The highest BCUT2D eigenvalue weighted by atomic mass is 35.5. The van der Waals surface area contributed by atoms with Crippen LogP contribution in [0.5, 0.6) is 0 Å². The summed E-state index contributed by atoms with van der Waals surface area (Å²) in [6.45, 7) is 0. The van der Waals surface area contributed by atoms with E-state index in [1.54, 1.807) is 18.0 Å². The molecule has 0 aliphatic heterocycles. The van der Waals surface area contributed by atoms with E-state index in [1.807, 2.05) is 12.3 Å². The lowest BCUT2D eigenvalue weighted by molar-refractivity contribution is 1.22. The van der Waals surface area contributed by atoms with Gasteiger partial charge < -0.3 is 0 Å². The molecule has 0 fully saturated rings. The number of rotatable bonds is 1. The third-order valence-corrected chi connectivity index (χ3v) is 1.71. The van der Waals surface area contributed by atoms with E-state index in [1.165, 1.54) is 0 Å². The Kier molecular flexibility index (Phi) is 2.37. The molecule has 0 aliphatic carbocycles. The molecule has 1 aromatic heterocycles. The van der Waals surface area contributed by atoms with Crippen molar-refractivity contribution in [3.8, 4) is 0 Å². The van der Waals surface area contributed by atoms with Crippen LogP contribution >= 0.6 is 23.4 Å². The first-order valence-electron chi connectivity index (χ1n) is 2.40. The lowest BCUT2D eigenvalue weighted by Crippen LogP contribution is -1.73. The fraction of sp³-hybridized carbons (Fsp3) is 0.167. The molecule has 0 amide bonds. The average Bonchev–Trinajstić information content (AvgIpc) is 1.88. The van der Waals surface area contributed by atoms with Crippen molar-refractivity contribution in [2.24, 2.45) is 0 Å². The van der Waals surface area contributed by atoms with Crippen molar-refractivity contribution in [1.82, 2.24) is 4.98 Å². The smallest absolute Gasteiger partial charge is 0.103 e. The van der Waals surface area contributed by atoms with Gasteiger partial charge in [0.25, 0.3) is 0 Å². The summed E-state index contributed by atoms with van der Waals surface area (Å²) >= 11 is 7.21. The summed E-state index contributed by atoms with van der Waals surface area (Å²) < 4.78 is 0. The second-order valence-corrected chi connectivity index (χ2v) is 2.75. The van der Waals surface area contributed by atoms with Gasteiger partial charge in [-0.1, -0.05) is 11.6 Å². The van der Waals surface area contributed by atoms with Crippen LogP contribution in [0.1, 0.15) is 0 Å². The first-order chi connectivity index (χ1) is 4.33. The number of hydrogen-bond donors (Lipinski definition) is 0. The van der Waals surface area contributed by atoms with Gasteiger partial charge in [0.2, 0.25) is 0 Å². The highest BCUT2D eigenvalue weighted by molar-refractivity contribution is 7.98. The van der Waals surface area contributed by atoms with Crippen LogP contribution < -0.4 is 0 Å². The first-order valence-corrected chi connectivity index (χ1v) is 4.00. The minimum Gasteiger partial charge on any atom is -0.252 e. The lowest BCUT2D eigenvalue weighted by Gasteiger charge is -1.91. The van der Waals surface area contributed by atoms with E-state index in [0.29, 0.717) is 5.02 Å². The van der Waals surface area contributed by atoms with Crippen LogP contribution in [-0.2, 0) is 0 Å². The predicted molar refractivity (Wildman–Crippen MR) is 39.9 cm³/mol. The van der Waals surface area contributed by atoms with E-state index < -0.39 is 0 Å². The number of pyridine rings is 1. The molecule has 9 heavy (non-hydrogen) atoms. The standard InChI is InChI=1S/C6H5ClNS/c1-9-6-2-5(7)3-8-4-6/h2-3H,1H3. The van der Waals surface area contributed by atoms with Crippen molar-refractivity contribution in [3.05, 3.63) is 23.5 Å². The van der Waals surface area contributed by atoms with Gasteiger partial charge in [-0.25, -0.2) is 0 Å². The second kappa shape index (κ2) is 3.08. The Morgan fingerprint density at radius 3 is 3.00 bits per heavy atom. The molecule has 0 saturated heterocycles. The Bertz CT molecular complexity index is 202. The first kappa shape index (κ1) is 6.90. The molecule has 0 unspecified atom stereocenters. The Hall–Kier alpha value is -0.210. The highest BCUT2D eigenvalue weighted by Gasteiger charge is 1.90. The molecule has 1 aromatic rings. The van der Waals surface area contributed by atoms with Gasteiger partial charge in [-0.05, 0) is 12.3 Å². The van der Waals surface area contributed by atoms with Crippen molar-refractivity contribution in [2.75, 3.05) is 6.26 Å². The zero-order valence-electron chi connectivity index (χ0n) is 4.89. The predicted octanol–water partition coefficient (Wildman–Crippen LogP) is 2.26. The van der Waals surface area contributed by atoms with Gasteiger partial charge in [0.15, 0.2) is 0 Å². The quantitative estimate of drug-likeness (QED) is 0.582. The van der Waals surface area contributed by atoms with E-state index in [-0.39, 0.29) is 0 Å². The van der Waals surface area contributed by atoms with Crippen molar-refractivity contribution in [2.45, 2.75) is 4.90 Å². The molecule has 3 heteroatoms. The topological polar surface area (TPSA) is 12.9 Å². The van der Waals surface area contributed by atoms with Gasteiger partial charge in [0.1, 0.15) is 6.20 Å². The van der Waals surface area contributed by atoms with Crippen LogP contribution in [0, 0.1) is 6.20 Å². The maximum atomic E-state index is 5.63. The highest BCUT2D eigenvalue weighted by Crippen LogP contribution is 2.15. The zero-order chi connectivity index (χ0) is 6.69. The van der Waals surface area contributed by atoms with E-state index in [0.717, 1.165) is 4.90 Å². The molecule has 1 nitrogen and oxygen atoms in total. The molecule has 47 valence electrons. The lowest BCUT2D eigenvalue weighted by atomic mass is 10.5. The molecule has 0 aliphatic rings. The summed E-state index contributed by atoms with van der Waals surface area (Å²) in [7, 11) is 0. The molecule has 1 rings (SSSR count).